The first kappa shape index (κ1) is 7.60. The summed E-state index contributed by atoms with van der Waals surface area (Å²) in [5.41, 5.74) is 7.62. The summed E-state index contributed by atoms with van der Waals surface area (Å²) >= 11 is 0. The molecule has 0 amide bonds. The molecule has 1 aromatic rings. The normalized spacial score (nSPS) is 9.18. The predicted molar refractivity (Wildman–Crippen MR) is 45.8 cm³/mol. The molecule has 0 saturated carbocycles. The van der Waals surface area contributed by atoms with Gasteiger partial charge in [-0.25, -0.2) is 0 Å². The van der Waals surface area contributed by atoms with Crippen molar-refractivity contribution in [3.63, 3.8) is 0 Å². The fourth-order valence-electron chi connectivity index (χ4n) is 0.882. The summed E-state index contributed by atoms with van der Waals surface area (Å²) in [6.45, 7) is 0. The molecule has 0 heterocycles. The van der Waals surface area contributed by atoms with Gasteiger partial charge in [-0.1, -0.05) is 0 Å². The van der Waals surface area contributed by atoms with Crippen LogP contribution in [0, 0.1) is 0 Å². The van der Waals surface area contributed by atoms with Crippen molar-refractivity contribution in [1.82, 2.24) is 0 Å². The van der Waals surface area contributed by atoms with Gasteiger partial charge in [0, 0.05) is 12.6 Å². The molecule has 1 rings (SSSR count). The number of hydrogen-bond acceptors (Lipinski definition) is 3. The molecule has 0 aliphatic rings. The fourth-order valence-corrected chi connectivity index (χ4v) is 0.882. The topological polar surface area (TPSA) is 55.1 Å². The van der Waals surface area contributed by atoms with E-state index in [2.05, 4.69) is 5.32 Å². The van der Waals surface area contributed by atoms with Crippen molar-refractivity contribution in [3.05, 3.63) is 23.8 Å². The average molecular weight is 150 g/mol. The van der Waals surface area contributed by atoms with Crippen molar-refractivity contribution in [3.8, 4) is 0 Å². The highest BCUT2D eigenvalue weighted by Crippen LogP contribution is 2.17. The Morgan fingerprint density at radius 1 is 1.55 bits per heavy atom. The van der Waals surface area contributed by atoms with Gasteiger partial charge in [0.1, 0.15) is 6.29 Å². The molecule has 0 saturated heterocycles. The molecule has 0 aliphatic heterocycles. The van der Waals surface area contributed by atoms with Gasteiger partial charge in [-0.05, 0) is 18.2 Å². The summed E-state index contributed by atoms with van der Waals surface area (Å²) < 4.78 is 0. The molecular formula is C8H10N2O. The van der Waals surface area contributed by atoms with Crippen molar-refractivity contribution in [2.45, 2.75) is 0 Å². The Bertz CT molecular complexity index is 271. The van der Waals surface area contributed by atoms with E-state index in [0.29, 0.717) is 11.3 Å². The second-order valence-corrected chi connectivity index (χ2v) is 2.21. The van der Waals surface area contributed by atoms with Crippen LogP contribution in [0.1, 0.15) is 10.4 Å². The number of anilines is 2. The molecule has 0 atom stereocenters. The minimum Gasteiger partial charge on any atom is -0.397 e. The van der Waals surface area contributed by atoms with E-state index < -0.39 is 0 Å². The molecule has 0 fully saturated rings. The van der Waals surface area contributed by atoms with Crippen LogP contribution in [-0.4, -0.2) is 13.3 Å². The third-order valence-corrected chi connectivity index (χ3v) is 1.48. The maximum atomic E-state index is 10.3. The average Bonchev–Trinajstić information content (AvgIpc) is 2.04. The van der Waals surface area contributed by atoms with Crippen molar-refractivity contribution in [2.75, 3.05) is 18.1 Å². The Morgan fingerprint density at radius 3 is 2.73 bits per heavy atom. The largest absolute Gasteiger partial charge is 0.397 e. The van der Waals surface area contributed by atoms with E-state index in [0.717, 1.165) is 12.0 Å². The lowest BCUT2D eigenvalue weighted by Crippen LogP contribution is -1.96. The summed E-state index contributed by atoms with van der Waals surface area (Å²) in [6, 6.07) is 5.13. The minimum absolute atomic E-state index is 0.595. The monoisotopic (exact) mass is 150 g/mol. The second kappa shape index (κ2) is 3.05. The van der Waals surface area contributed by atoms with Crippen LogP contribution in [0.5, 0.6) is 0 Å². The zero-order valence-corrected chi connectivity index (χ0v) is 6.29. The molecule has 0 unspecified atom stereocenters. The van der Waals surface area contributed by atoms with E-state index in [1.165, 1.54) is 0 Å². The molecule has 0 spiro atoms. The molecule has 11 heavy (non-hydrogen) atoms. The summed E-state index contributed by atoms with van der Waals surface area (Å²) in [5, 5.41) is 2.91. The summed E-state index contributed by atoms with van der Waals surface area (Å²) in [5.74, 6) is 0. The number of nitrogens with two attached hydrogens (primary N) is 1. The van der Waals surface area contributed by atoms with Crippen LogP contribution in [0.4, 0.5) is 11.4 Å². The van der Waals surface area contributed by atoms with Gasteiger partial charge < -0.3 is 11.1 Å². The Labute approximate surface area is 65.2 Å². The predicted octanol–water partition coefficient (Wildman–Crippen LogP) is 1.12. The van der Waals surface area contributed by atoms with E-state index >= 15 is 0 Å². The van der Waals surface area contributed by atoms with E-state index in [9.17, 15) is 4.79 Å². The van der Waals surface area contributed by atoms with Crippen molar-refractivity contribution in [1.29, 1.82) is 0 Å². The smallest absolute Gasteiger partial charge is 0.150 e. The fraction of sp³-hybridized carbons (Fsp3) is 0.125. The van der Waals surface area contributed by atoms with Crippen LogP contribution in [0.25, 0.3) is 0 Å². The number of nitrogens with one attached hydrogen (secondary N) is 1. The molecule has 0 radical (unpaired) electrons. The standard InChI is InChI=1S/C8H10N2O/c1-10-8-3-2-6(5-11)4-7(8)9/h2-5,10H,9H2,1H3. The Hall–Kier alpha value is -1.51. The lowest BCUT2D eigenvalue weighted by atomic mass is 10.2. The van der Waals surface area contributed by atoms with Crippen LogP contribution in [0.15, 0.2) is 18.2 Å². The number of aldehydes is 1. The van der Waals surface area contributed by atoms with Crippen molar-refractivity contribution >= 4 is 17.7 Å². The highest BCUT2D eigenvalue weighted by atomic mass is 16.1. The molecule has 58 valence electrons. The van der Waals surface area contributed by atoms with Crippen molar-refractivity contribution < 1.29 is 4.79 Å². The van der Waals surface area contributed by atoms with Crippen LogP contribution in [0.2, 0.25) is 0 Å². The van der Waals surface area contributed by atoms with Gasteiger partial charge in [-0.15, -0.1) is 0 Å². The van der Waals surface area contributed by atoms with E-state index in [4.69, 9.17) is 5.73 Å². The first-order valence-corrected chi connectivity index (χ1v) is 3.30. The van der Waals surface area contributed by atoms with Gasteiger partial charge in [0.2, 0.25) is 0 Å². The van der Waals surface area contributed by atoms with Gasteiger partial charge in [0.25, 0.3) is 0 Å². The zero-order chi connectivity index (χ0) is 8.27. The Balaban J connectivity index is 3.09. The van der Waals surface area contributed by atoms with Gasteiger partial charge in [-0.3, -0.25) is 4.79 Å². The first-order chi connectivity index (χ1) is 5.27. The number of nitrogen functional groups attached to an aromatic ring is 1. The summed E-state index contributed by atoms with van der Waals surface area (Å²) in [4.78, 5) is 10.3. The maximum Gasteiger partial charge on any atom is 0.150 e. The van der Waals surface area contributed by atoms with Crippen LogP contribution in [-0.2, 0) is 0 Å². The molecule has 0 aromatic heterocycles. The SMILES string of the molecule is CNc1ccc(C=O)cc1N. The number of carbonyl (C=O) groups is 1. The third-order valence-electron chi connectivity index (χ3n) is 1.48. The highest BCUT2D eigenvalue weighted by Gasteiger charge is 1.96. The summed E-state index contributed by atoms with van der Waals surface area (Å²) in [7, 11) is 1.78. The minimum atomic E-state index is 0.595. The van der Waals surface area contributed by atoms with Gasteiger partial charge in [0.15, 0.2) is 0 Å². The first-order valence-electron chi connectivity index (χ1n) is 3.30. The zero-order valence-electron chi connectivity index (χ0n) is 6.29. The lowest BCUT2D eigenvalue weighted by molar-refractivity contribution is 0.112. The summed E-state index contributed by atoms with van der Waals surface area (Å²) in [6.07, 6.45) is 0.774. The van der Waals surface area contributed by atoms with Gasteiger partial charge >= 0.3 is 0 Å². The number of hydrogen-bond donors (Lipinski definition) is 2. The Morgan fingerprint density at radius 2 is 2.27 bits per heavy atom. The quantitative estimate of drug-likeness (QED) is 0.490. The van der Waals surface area contributed by atoms with E-state index in [-0.39, 0.29) is 0 Å². The van der Waals surface area contributed by atoms with Crippen LogP contribution in [0.3, 0.4) is 0 Å². The molecule has 0 aliphatic carbocycles. The second-order valence-electron chi connectivity index (χ2n) is 2.21. The van der Waals surface area contributed by atoms with Crippen LogP contribution >= 0.6 is 0 Å². The molecule has 0 bridgehead atoms. The number of benzene rings is 1. The maximum absolute atomic E-state index is 10.3. The van der Waals surface area contributed by atoms with E-state index in [1.54, 1.807) is 25.2 Å². The van der Waals surface area contributed by atoms with Gasteiger partial charge in [0.05, 0.1) is 11.4 Å². The molecule has 3 heteroatoms. The molecular weight excluding hydrogens is 140 g/mol. The van der Waals surface area contributed by atoms with Crippen molar-refractivity contribution in [2.24, 2.45) is 0 Å². The van der Waals surface area contributed by atoms with Gasteiger partial charge in [-0.2, -0.15) is 0 Å². The lowest BCUT2D eigenvalue weighted by Gasteiger charge is -2.03. The third kappa shape index (κ3) is 1.49. The number of rotatable bonds is 2. The van der Waals surface area contributed by atoms with Crippen LogP contribution < -0.4 is 11.1 Å². The molecule has 3 N–H and O–H groups in total. The highest BCUT2D eigenvalue weighted by molar-refractivity contribution is 5.80. The Kier molecular flexibility index (Phi) is 2.11. The van der Waals surface area contributed by atoms with E-state index in [1.807, 2.05) is 0 Å². The molecule has 1 aromatic carbocycles. The molecule has 3 nitrogen and oxygen atoms in total. The number of carbonyl (C=O) groups excluding carboxylic acids is 1.